The first kappa shape index (κ1) is 10.5. The molecule has 0 aliphatic heterocycles. The second-order valence-corrected chi connectivity index (χ2v) is 3.24. The van der Waals surface area contributed by atoms with E-state index in [1.807, 2.05) is 6.92 Å². The second-order valence-electron chi connectivity index (χ2n) is 2.45. The lowest BCUT2D eigenvalue weighted by atomic mass is 9.84. The molecule has 0 amide bonds. The molecule has 0 atom stereocenters. The smallest absolute Gasteiger partial charge is 0.143 e. The molecule has 60 valence electrons. The van der Waals surface area contributed by atoms with Crippen molar-refractivity contribution in [3.8, 4) is 12.1 Å². The lowest BCUT2D eigenvalue weighted by molar-refractivity contribution is 0.457. The third-order valence-electron chi connectivity index (χ3n) is 1.77. The molecule has 3 heteroatoms. The average Bonchev–Trinajstić information content (AvgIpc) is 2.08. The van der Waals surface area contributed by atoms with Gasteiger partial charge in [-0.15, -0.1) is 0 Å². The normalized spacial score (nSPS) is 10.2. The van der Waals surface area contributed by atoms with E-state index in [0.29, 0.717) is 12.8 Å². The molecule has 0 aromatic carbocycles. The van der Waals surface area contributed by atoms with Crippen LogP contribution >= 0.6 is 15.9 Å². The second kappa shape index (κ2) is 5.16. The van der Waals surface area contributed by atoms with Crippen molar-refractivity contribution in [2.24, 2.45) is 5.41 Å². The summed E-state index contributed by atoms with van der Waals surface area (Å²) in [7, 11) is 0. The molecule has 0 heterocycles. The van der Waals surface area contributed by atoms with Crippen molar-refractivity contribution >= 4 is 15.9 Å². The van der Waals surface area contributed by atoms with Crippen molar-refractivity contribution < 1.29 is 0 Å². The van der Waals surface area contributed by atoms with Gasteiger partial charge in [0.05, 0.1) is 12.1 Å². The fourth-order valence-electron chi connectivity index (χ4n) is 0.840. The zero-order valence-electron chi connectivity index (χ0n) is 6.60. The predicted molar refractivity (Wildman–Crippen MR) is 47.0 cm³/mol. The highest BCUT2D eigenvalue weighted by atomic mass is 79.9. The number of rotatable bonds is 4. The molecule has 0 radical (unpaired) electrons. The van der Waals surface area contributed by atoms with Crippen molar-refractivity contribution in [3.63, 3.8) is 0 Å². The summed E-state index contributed by atoms with van der Waals surface area (Å²) in [4.78, 5) is 0. The van der Waals surface area contributed by atoms with E-state index in [-0.39, 0.29) is 0 Å². The predicted octanol–water partition coefficient (Wildman–Crippen LogP) is 2.61. The van der Waals surface area contributed by atoms with Crippen molar-refractivity contribution in [2.45, 2.75) is 26.2 Å². The number of alkyl halides is 1. The average molecular weight is 215 g/mol. The van der Waals surface area contributed by atoms with Gasteiger partial charge in [0.1, 0.15) is 5.41 Å². The van der Waals surface area contributed by atoms with Gasteiger partial charge >= 0.3 is 0 Å². The maximum atomic E-state index is 8.72. The van der Waals surface area contributed by atoms with Gasteiger partial charge in [0.25, 0.3) is 0 Å². The lowest BCUT2D eigenvalue weighted by Gasteiger charge is -2.14. The molecule has 11 heavy (non-hydrogen) atoms. The van der Waals surface area contributed by atoms with Crippen LogP contribution in [0.5, 0.6) is 0 Å². The van der Waals surface area contributed by atoms with Crippen LogP contribution in [-0.2, 0) is 0 Å². The number of halogens is 1. The Hall–Kier alpha value is -0.540. The molecule has 0 aromatic rings. The van der Waals surface area contributed by atoms with Gasteiger partial charge in [0, 0.05) is 5.33 Å². The minimum absolute atomic E-state index is 0.618. The number of hydrogen-bond acceptors (Lipinski definition) is 2. The van der Waals surface area contributed by atoms with Gasteiger partial charge in [-0.1, -0.05) is 22.9 Å². The van der Waals surface area contributed by atoms with Gasteiger partial charge in [0.15, 0.2) is 0 Å². The first-order valence-electron chi connectivity index (χ1n) is 3.63. The van der Waals surface area contributed by atoms with E-state index in [2.05, 4.69) is 28.1 Å². The summed E-state index contributed by atoms with van der Waals surface area (Å²) in [5.41, 5.74) is -0.742. The summed E-state index contributed by atoms with van der Waals surface area (Å²) in [5, 5.41) is 18.3. The first-order chi connectivity index (χ1) is 5.24. The molecular formula is C8H11BrN2. The Labute approximate surface area is 75.9 Å². The van der Waals surface area contributed by atoms with Crippen molar-refractivity contribution in [2.75, 3.05) is 5.33 Å². The fourth-order valence-corrected chi connectivity index (χ4v) is 1.12. The van der Waals surface area contributed by atoms with E-state index >= 15 is 0 Å². The monoisotopic (exact) mass is 214 g/mol. The molecule has 0 rings (SSSR count). The summed E-state index contributed by atoms with van der Waals surface area (Å²) in [6, 6.07) is 4.14. The molecule has 0 aromatic heterocycles. The van der Waals surface area contributed by atoms with Crippen molar-refractivity contribution in [1.82, 2.24) is 0 Å². The van der Waals surface area contributed by atoms with E-state index in [9.17, 15) is 0 Å². The Bertz CT molecular complexity index is 173. The summed E-state index contributed by atoms with van der Waals surface area (Å²) in [6.45, 7) is 1.88. The quantitative estimate of drug-likeness (QED) is 0.676. The summed E-state index contributed by atoms with van der Waals surface area (Å²) >= 11 is 3.27. The van der Waals surface area contributed by atoms with Gasteiger partial charge in [-0.25, -0.2) is 0 Å². The Morgan fingerprint density at radius 2 is 1.91 bits per heavy atom. The largest absolute Gasteiger partial charge is 0.197 e. The van der Waals surface area contributed by atoms with Crippen molar-refractivity contribution in [3.05, 3.63) is 0 Å². The molecule has 0 saturated carbocycles. The standard InChI is InChI=1S/C8H11BrN2/c1-2-8(6-10,7-11)4-3-5-9/h2-5H2,1H3. The van der Waals surface area contributed by atoms with Crippen molar-refractivity contribution in [1.29, 1.82) is 10.5 Å². The van der Waals surface area contributed by atoms with E-state index < -0.39 is 5.41 Å². The van der Waals surface area contributed by atoms with Gasteiger partial charge < -0.3 is 0 Å². The van der Waals surface area contributed by atoms with Crippen LogP contribution in [0.2, 0.25) is 0 Å². The minimum Gasteiger partial charge on any atom is -0.197 e. The maximum Gasteiger partial charge on any atom is 0.143 e. The third kappa shape index (κ3) is 2.91. The van der Waals surface area contributed by atoms with Crippen LogP contribution in [0.15, 0.2) is 0 Å². The number of hydrogen-bond donors (Lipinski definition) is 0. The van der Waals surface area contributed by atoms with Crippen LogP contribution in [0.3, 0.4) is 0 Å². The van der Waals surface area contributed by atoms with E-state index in [0.717, 1.165) is 11.8 Å². The zero-order valence-corrected chi connectivity index (χ0v) is 8.19. The number of nitriles is 2. The van der Waals surface area contributed by atoms with Crippen LogP contribution in [0.25, 0.3) is 0 Å². The van der Waals surface area contributed by atoms with Gasteiger partial charge in [-0.2, -0.15) is 10.5 Å². The molecule has 0 saturated heterocycles. The highest BCUT2D eigenvalue weighted by Gasteiger charge is 2.26. The third-order valence-corrected chi connectivity index (χ3v) is 2.33. The SMILES string of the molecule is CCC(C#N)(C#N)CCCBr. The Morgan fingerprint density at radius 3 is 2.18 bits per heavy atom. The minimum atomic E-state index is -0.742. The van der Waals surface area contributed by atoms with Gasteiger partial charge in [0.2, 0.25) is 0 Å². The Balaban J connectivity index is 4.12. The lowest BCUT2D eigenvalue weighted by Crippen LogP contribution is -2.14. The highest BCUT2D eigenvalue weighted by Crippen LogP contribution is 2.26. The molecule has 0 aliphatic carbocycles. The van der Waals surface area contributed by atoms with E-state index in [4.69, 9.17) is 10.5 Å². The fraction of sp³-hybridized carbons (Fsp3) is 0.750. The molecule has 0 bridgehead atoms. The highest BCUT2D eigenvalue weighted by molar-refractivity contribution is 9.09. The van der Waals surface area contributed by atoms with E-state index in [1.165, 1.54) is 0 Å². The summed E-state index contributed by atoms with van der Waals surface area (Å²) in [5.74, 6) is 0. The molecule has 0 unspecified atom stereocenters. The summed E-state index contributed by atoms with van der Waals surface area (Å²) < 4.78 is 0. The number of nitrogens with zero attached hydrogens (tertiary/aromatic N) is 2. The molecule has 0 spiro atoms. The van der Waals surface area contributed by atoms with E-state index in [1.54, 1.807) is 0 Å². The molecule has 0 aliphatic rings. The summed E-state index contributed by atoms with van der Waals surface area (Å²) in [6.07, 6.45) is 2.17. The molecular weight excluding hydrogens is 204 g/mol. The Morgan fingerprint density at radius 1 is 1.36 bits per heavy atom. The van der Waals surface area contributed by atoms with Crippen LogP contribution in [0.4, 0.5) is 0 Å². The molecule has 0 fully saturated rings. The van der Waals surface area contributed by atoms with Crippen LogP contribution in [0, 0.1) is 28.1 Å². The zero-order chi connectivity index (χ0) is 8.74. The van der Waals surface area contributed by atoms with Crippen LogP contribution in [0.1, 0.15) is 26.2 Å². The topological polar surface area (TPSA) is 47.6 Å². The maximum absolute atomic E-state index is 8.72. The van der Waals surface area contributed by atoms with Crippen LogP contribution in [-0.4, -0.2) is 5.33 Å². The van der Waals surface area contributed by atoms with Gasteiger partial charge in [-0.3, -0.25) is 0 Å². The Kier molecular flexibility index (Phi) is 4.90. The van der Waals surface area contributed by atoms with Gasteiger partial charge in [-0.05, 0) is 19.3 Å². The molecule has 0 N–H and O–H groups in total. The molecule has 2 nitrogen and oxygen atoms in total. The van der Waals surface area contributed by atoms with Crippen LogP contribution < -0.4 is 0 Å². The first-order valence-corrected chi connectivity index (χ1v) is 4.75.